The zero-order valence-corrected chi connectivity index (χ0v) is 14.7. The normalized spacial score (nSPS) is 12.2. The Bertz CT molecular complexity index is 724. The van der Waals surface area contributed by atoms with Crippen molar-refractivity contribution < 1.29 is 14.7 Å². The van der Waals surface area contributed by atoms with Crippen LogP contribution in [0.3, 0.4) is 0 Å². The molecular weight excluding hydrogens is 366 g/mol. The standard InChI is InChI=1S/C14H18BrN5O3/c1-4-19-7-10(15)11(17-19)8-18(3)13(21)12-5-6-16-20(12)9(2)14(22)23/h5-7,9H,4,8H2,1-3H3,(H,22,23). The van der Waals surface area contributed by atoms with Crippen LogP contribution in [0.1, 0.15) is 36.1 Å². The summed E-state index contributed by atoms with van der Waals surface area (Å²) in [5, 5.41) is 17.4. The predicted octanol–water partition coefficient (Wildman–Crippen LogP) is 1.78. The number of amides is 1. The van der Waals surface area contributed by atoms with E-state index in [1.54, 1.807) is 11.7 Å². The molecule has 2 rings (SSSR count). The highest BCUT2D eigenvalue weighted by molar-refractivity contribution is 9.10. The third-order valence-corrected chi connectivity index (χ3v) is 4.12. The molecule has 0 aliphatic carbocycles. The van der Waals surface area contributed by atoms with E-state index in [0.29, 0.717) is 6.54 Å². The molecule has 1 unspecified atom stereocenters. The predicted molar refractivity (Wildman–Crippen MR) is 86.0 cm³/mol. The number of carbonyl (C=O) groups excluding carboxylic acids is 1. The summed E-state index contributed by atoms with van der Waals surface area (Å²) in [7, 11) is 1.64. The average Bonchev–Trinajstić information content (AvgIpc) is 3.12. The van der Waals surface area contributed by atoms with Gasteiger partial charge in [0.2, 0.25) is 0 Å². The molecule has 0 radical (unpaired) electrons. The molecular formula is C14H18BrN5O3. The lowest BCUT2D eigenvalue weighted by Gasteiger charge is -2.18. The minimum Gasteiger partial charge on any atom is -0.480 e. The first kappa shape index (κ1) is 17.2. The van der Waals surface area contributed by atoms with E-state index in [9.17, 15) is 9.59 Å². The second-order valence-corrected chi connectivity index (χ2v) is 5.97. The molecule has 0 aromatic carbocycles. The minimum atomic E-state index is -1.05. The van der Waals surface area contributed by atoms with E-state index in [2.05, 4.69) is 26.1 Å². The first-order valence-electron chi connectivity index (χ1n) is 7.08. The molecule has 0 aliphatic rings. The minimum absolute atomic E-state index is 0.230. The number of carbonyl (C=O) groups is 2. The Morgan fingerprint density at radius 2 is 2.17 bits per heavy atom. The Balaban J connectivity index is 2.18. The average molecular weight is 384 g/mol. The molecule has 2 aromatic heterocycles. The first-order valence-corrected chi connectivity index (χ1v) is 7.88. The van der Waals surface area contributed by atoms with Crippen LogP contribution in [0.25, 0.3) is 0 Å². The summed E-state index contributed by atoms with van der Waals surface area (Å²) in [6.07, 6.45) is 3.27. The van der Waals surface area contributed by atoms with E-state index in [4.69, 9.17) is 5.11 Å². The van der Waals surface area contributed by atoms with Gasteiger partial charge in [0.25, 0.3) is 5.91 Å². The van der Waals surface area contributed by atoms with Gasteiger partial charge in [-0.15, -0.1) is 0 Å². The lowest BCUT2D eigenvalue weighted by Crippen LogP contribution is -2.30. The third kappa shape index (κ3) is 3.61. The maximum atomic E-state index is 12.6. The molecule has 124 valence electrons. The molecule has 8 nitrogen and oxygen atoms in total. The highest BCUT2D eigenvalue weighted by Gasteiger charge is 2.24. The van der Waals surface area contributed by atoms with Crippen molar-refractivity contribution in [3.8, 4) is 0 Å². The Hall–Kier alpha value is -2.16. The van der Waals surface area contributed by atoms with Gasteiger partial charge in [0, 0.05) is 26.0 Å². The Morgan fingerprint density at radius 3 is 2.74 bits per heavy atom. The molecule has 1 amide bonds. The van der Waals surface area contributed by atoms with Crippen molar-refractivity contribution in [3.63, 3.8) is 0 Å². The second-order valence-electron chi connectivity index (χ2n) is 5.12. The SMILES string of the molecule is CCn1cc(Br)c(CN(C)C(=O)c2ccnn2C(C)C(=O)O)n1. The monoisotopic (exact) mass is 383 g/mol. The van der Waals surface area contributed by atoms with Crippen LogP contribution < -0.4 is 0 Å². The topological polar surface area (TPSA) is 93.2 Å². The van der Waals surface area contributed by atoms with Gasteiger partial charge in [-0.1, -0.05) is 0 Å². The van der Waals surface area contributed by atoms with E-state index >= 15 is 0 Å². The van der Waals surface area contributed by atoms with Crippen LogP contribution in [0.2, 0.25) is 0 Å². The molecule has 2 heterocycles. The van der Waals surface area contributed by atoms with Crippen LogP contribution >= 0.6 is 15.9 Å². The first-order chi connectivity index (χ1) is 10.8. The zero-order valence-electron chi connectivity index (χ0n) is 13.1. The number of carboxylic acid groups (broad SMARTS) is 1. The highest BCUT2D eigenvalue weighted by Crippen LogP contribution is 2.18. The van der Waals surface area contributed by atoms with Crippen LogP contribution in [-0.2, 0) is 17.9 Å². The lowest BCUT2D eigenvalue weighted by atomic mass is 10.3. The number of hydrogen-bond donors (Lipinski definition) is 1. The van der Waals surface area contributed by atoms with Crippen LogP contribution in [-0.4, -0.2) is 48.5 Å². The molecule has 2 aromatic rings. The van der Waals surface area contributed by atoms with E-state index in [1.807, 2.05) is 13.1 Å². The molecule has 1 N–H and O–H groups in total. The summed E-state index contributed by atoms with van der Waals surface area (Å²) in [4.78, 5) is 25.2. The molecule has 0 spiro atoms. The molecule has 0 bridgehead atoms. The quantitative estimate of drug-likeness (QED) is 0.820. The van der Waals surface area contributed by atoms with Crippen molar-refractivity contribution in [1.29, 1.82) is 0 Å². The van der Waals surface area contributed by atoms with Crippen molar-refractivity contribution in [2.24, 2.45) is 0 Å². The molecule has 0 aliphatic heterocycles. The van der Waals surface area contributed by atoms with E-state index in [-0.39, 0.29) is 11.6 Å². The van der Waals surface area contributed by atoms with Gasteiger partial charge in [-0.3, -0.25) is 9.48 Å². The molecule has 0 fully saturated rings. The molecule has 9 heteroatoms. The largest absolute Gasteiger partial charge is 0.480 e. The van der Waals surface area contributed by atoms with E-state index in [0.717, 1.165) is 16.7 Å². The summed E-state index contributed by atoms with van der Waals surface area (Å²) in [6, 6.07) is 0.598. The van der Waals surface area contributed by atoms with Gasteiger partial charge in [0.05, 0.1) is 16.7 Å². The van der Waals surface area contributed by atoms with Gasteiger partial charge in [0.1, 0.15) is 11.7 Å². The van der Waals surface area contributed by atoms with Crippen molar-refractivity contribution in [3.05, 3.63) is 34.3 Å². The van der Waals surface area contributed by atoms with Crippen molar-refractivity contribution in [2.45, 2.75) is 33.0 Å². The molecule has 1 atom stereocenters. The highest BCUT2D eigenvalue weighted by atomic mass is 79.9. The smallest absolute Gasteiger partial charge is 0.328 e. The summed E-state index contributed by atoms with van der Waals surface area (Å²) in [5.41, 5.74) is 0.966. The number of aryl methyl sites for hydroxylation is 1. The third-order valence-electron chi connectivity index (χ3n) is 3.46. The van der Waals surface area contributed by atoms with E-state index < -0.39 is 12.0 Å². The van der Waals surface area contributed by atoms with Crippen LogP contribution in [0.4, 0.5) is 0 Å². The fraction of sp³-hybridized carbons (Fsp3) is 0.429. The Morgan fingerprint density at radius 1 is 1.48 bits per heavy atom. The number of hydrogen-bond acceptors (Lipinski definition) is 4. The summed E-state index contributed by atoms with van der Waals surface area (Å²) in [5.74, 6) is -1.36. The molecule has 0 saturated heterocycles. The maximum absolute atomic E-state index is 12.6. The number of rotatable bonds is 6. The van der Waals surface area contributed by atoms with Gasteiger partial charge < -0.3 is 10.0 Å². The molecule has 0 saturated carbocycles. The second kappa shape index (κ2) is 6.95. The van der Waals surface area contributed by atoms with Gasteiger partial charge in [-0.2, -0.15) is 10.2 Å². The van der Waals surface area contributed by atoms with Crippen LogP contribution in [0.15, 0.2) is 22.9 Å². The van der Waals surface area contributed by atoms with Gasteiger partial charge in [-0.25, -0.2) is 9.48 Å². The van der Waals surface area contributed by atoms with Crippen LogP contribution in [0.5, 0.6) is 0 Å². The Labute approximate surface area is 141 Å². The fourth-order valence-corrected chi connectivity index (χ4v) is 2.54. The number of aromatic nitrogens is 4. The summed E-state index contributed by atoms with van der Waals surface area (Å²) >= 11 is 3.42. The molecule has 23 heavy (non-hydrogen) atoms. The van der Waals surface area contributed by atoms with Crippen LogP contribution in [0, 0.1) is 0 Å². The number of aliphatic carboxylic acids is 1. The fourth-order valence-electron chi connectivity index (χ4n) is 2.10. The Kier molecular flexibility index (Phi) is 5.19. The lowest BCUT2D eigenvalue weighted by molar-refractivity contribution is -0.140. The number of halogens is 1. The summed E-state index contributed by atoms with van der Waals surface area (Å²) < 4.78 is 3.81. The maximum Gasteiger partial charge on any atom is 0.328 e. The van der Waals surface area contributed by atoms with E-state index in [1.165, 1.54) is 28.8 Å². The van der Waals surface area contributed by atoms with Crippen molar-refractivity contribution in [2.75, 3.05) is 7.05 Å². The van der Waals surface area contributed by atoms with Crippen molar-refractivity contribution >= 4 is 27.8 Å². The van der Waals surface area contributed by atoms with Gasteiger partial charge in [0.15, 0.2) is 0 Å². The number of nitrogens with zero attached hydrogens (tertiary/aromatic N) is 5. The zero-order chi connectivity index (χ0) is 17.1. The van der Waals surface area contributed by atoms with Gasteiger partial charge in [-0.05, 0) is 35.8 Å². The summed E-state index contributed by atoms with van der Waals surface area (Å²) in [6.45, 7) is 4.49. The number of carboxylic acids is 1. The van der Waals surface area contributed by atoms with Gasteiger partial charge >= 0.3 is 5.97 Å². The van der Waals surface area contributed by atoms with Crippen molar-refractivity contribution in [1.82, 2.24) is 24.5 Å².